The van der Waals surface area contributed by atoms with Gasteiger partial charge in [0.25, 0.3) is 4.98 Å². The highest BCUT2D eigenvalue weighted by atomic mass is 31.2. The third kappa shape index (κ3) is 10.1. The first-order chi connectivity index (χ1) is 17.2. The summed E-state index contributed by atoms with van der Waals surface area (Å²) in [6.45, 7) is 8.47. The average molecular weight is 557 g/mol. The minimum atomic E-state index is -4.34. The highest BCUT2D eigenvalue weighted by Crippen LogP contribution is 2.39. The van der Waals surface area contributed by atoms with E-state index in [1.807, 2.05) is 0 Å². The van der Waals surface area contributed by atoms with Crippen molar-refractivity contribution in [3.8, 4) is 0 Å². The largest absolute Gasteiger partial charge is 0.465 e. The molecule has 212 valence electrons. The van der Waals surface area contributed by atoms with Crippen LogP contribution in [0.2, 0.25) is 0 Å². The monoisotopic (exact) mass is 556 g/mol. The second kappa shape index (κ2) is 14.5. The molecule has 0 aromatic heterocycles. The van der Waals surface area contributed by atoms with E-state index >= 15 is 0 Å². The Labute approximate surface area is 214 Å². The minimum Gasteiger partial charge on any atom is -0.465 e. The van der Waals surface area contributed by atoms with Gasteiger partial charge in [-0.15, -0.1) is 0 Å². The molecule has 1 aliphatic rings. The number of esters is 2. The van der Waals surface area contributed by atoms with Crippen molar-refractivity contribution in [3.05, 3.63) is 29.5 Å². The first-order valence-electron chi connectivity index (χ1n) is 11.3. The average Bonchev–Trinajstić information content (AvgIpc) is 2.81. The predicted octanol–water partition coefficient (Wildman–Crippen LogP) is 0.117. The topological polar surface area (TPSA) is 188 Å². The van der Waals surface area contributed by atoms with E-state index < -0.39 is 63.1 Å². The summed E-state index contributed by atoms with van der Waals surface area (Å²) in [5.41, 5.74) is 0.299. The van der Waals surface area contributed by atoms with Crippen LogP contribution in [0.3, 0.4) is 0 Å². The van der Waals surface area contributed by atoms with Gasteiger partial charge >= 0.3 is 19.6 Å². The lowest BCUT2D eigenvalue weighted by Crippen LogP contribution is -2.59. The molecule has 0 aromatic carbocycles. The number of carbonyl (C=O) groups is 2. The van der Waals surface area contributed by atoms with Crippen molar-refractivity contribution in [1.29, 1.82) is 0 Å². The van der Waals surface area contributed by atoms with Gasteiger partial charge in [0.05, 0.1) is 36.6 Å². The van der Waals surface area contributed by atoms with Gasteiger partial charge in [-0.05, 0) is 40.7 Å². The molecule has 1 heterocycles. The Hall–Kier alpha value is -2.46. The Morgan fingerprint density at radius 3 is 2.19 bits per heavy atom. The predicted molar refractivity (Wildman–Crippen MR) is 126 cm³/mol. The Balaban J connectivity index is 3.06. The minimum absolute atomic E-state index is 0.0408. The molecule has 5 N–H and O–H groups in total. The summed E-state index contributed by atoms with van der Waals surface area (Å²) < 4.78 is 48.4. The fraction of sp³-hybridized carbons (Fsp3) is 0.700. The molecule has 0 fully saturated rings. The molecule has 1 rings (SSSR count). The molecule has 15 nitrogen and oxygen atoms in total. The third-order valence-corrected chi connectivity index (χ3v) is 6.61. The maximum absolute atomic E-state index is 14.9. The third-order valence-electron chi connectivity index (χ3n) is 4.64. The van der Waals surface area contributed by atoms with Crippen LogP contribution in [0.15, 0.2) is 24.6 Å². The second-order valence-electron chi connectivity index (χ2n) is 8.07. The normalized spacial score (nSPS) is 20.2. The molecular formula is C20H36FN5O10P+. The lowest BCUT2D eigenvalue weighted by molar-refractivity contribution is -0.756. The number of aliphatic hydroxyl groups is 2. The van der Waals surface area contributed by atoms with E-state index in [4.69, 9.17) is 18.7 Å². The van der Waals surface area contributed by atoms with E-state index in [1.165, 1.54) is 19.9 Å². The van der Waals surface area contributed by atoms with Crippen LogP contribution >= 0.6 is 7.67 Å². The standard InChI is InChI=1S/C20H36FN5O10P/c1-7-33-17(28)14(4)23-37(32,24-15(5)18(29)34-8-2)35-11-16(21)36-19(20(6,30)12-27)25-10-9-13(3)22-26(25)31/h9-10,14-16,19,27,30H,3,7-8,11-12H2,1-2,4-6H3,(H,22,31)(H2,23,24,32)/q+1. The van der Waals surface area contributed by atoms with E-state index in [9.17, 15) is 33.7 Å². The SMILES string of the molecule is C=C1C=CN(C(OC(F)COP(=O)(NC(C)C(=O)OCC)NC(C)C(=O)OCC)C(C)(O)CO)[N+](=O)N1. The summed E-state index contributed by atoms with van der Waals surface area (Å²) in [5.74, 6) is -1.57. The number of aliphatic hydroxyl groups excluding tert-OH is 1. The summed E-state index contributed by atoms with van der Waals surface area (Å²) in [7, 11) is -4.34. The van der Waals surface area contributed by atoms with E-state index in [1.54, 1.807) is 13.8 Å². The zero-order valence-electron chi connectivity index (χ0n) is 21.4. The first-order valence-corrected chi connectivity index (χ1v) is 13.0. The summed E-state index contributed by atoms with van der Waals surface area (Å²) >= 11 is 0. The zero-order valence-corrected chi connectivity index (χ0v) is 22.3. The molecule has 0 spiro atoms. The summed E-state index contributed by atoms with van der Waals surface area (Å²) in [5, 5.41) is 25.5. The fourth-order valence-electron chi connectivity index (χ4n) is 2.79. The molecule has 0 aromatic rings. The number of hydrazine groups is 2. The molecule has 17 heteroatoms. The molecule has 0 radical (unpaired) electrons. The second-order valence-corrected chi connectivity index (χ2v) is 9.95. The number of rotatable bonds is 16. The highest BCUT2D eigenvalue weighted by molar-refractivity contribution is 7.54. The van der Waals surface area contributed by atoms with Crippen molar-refractivity contribution in [1.82, 2.24) is 20.6 Å². The summed E-state index contributed by atoms with van der Waals surface area (Å²) in [6, 6.07) is -2.39. The number of ether oxygens (including phenoxy) is 3. The Morgan fingerprint density at radius 1 is 1.24 bits per heavy atom. The van der Waals surface area contributed by atoms with Gasteiger partial charge in [0.15, 0.2) is 0 Å². The van der Waals surface area contributed by atoms with Crippen molar-refractivity contribution in [2.45, 2.75) is 64.9 Å². The van der Waals surface area contributed by atoms with Crippen LogP contribution in [0, 0.1) is 4.91 Å². The molecule has 0 bridgehead atoms. The number of carbonyl (C=O) groups excluding carboxylic acids is 2. The molecule has 0 amide bonds. The number of halogens is 1. The van der Waals surface area contributed by atoms with Crippen LogP contribution in [-0.2, 0) is 32.9 Å². The summed E-state index contributed by atoms with van der Waals surface area (Å²) in [4.78, 5) is 36.3. The van der Waals surface area contributed by atoms with Gasteiger partial charge in [-0.1, -0.05) is 17.0 Å². The van der Waals surface area contributed by atoms with E-state index in [-0.39, 0.29) is 23.9 Å². The Morgan fingerprint density at radius 2 is 1.76 bits per heavy atom. The van der Waals surface area contributed by atoms with Crippen molar-refractivity contribution in [2.75, 3.05) is 26.4 Å². The molecule has 0 aliphatic carbocycles. The molecule has 5 unspecified atom stereocenters. The van der Waals surface area contributed by atoms with Crippen LogP contribution in [0.1, 0.15) is 34.6 Å². The maximum Gasteiger partial charge on any atom is 0.342 e. The first kappa shape index (κ1) is 32.6. The Kier molecular flexibility index (Phi) is 12.7. The summed E-state index contributed by atoms with van der Waals surface area (Å²) in [6.07, 6.45) is -1.76. The van der Waals surface area contributed by atoms with Crippen LogP contribution in [0.25, 0.3) is 0 Å². The fourth-order valence-corrected chi connectivity index (χ4v) is 4.58. The van der Waals surface area contributed by atoms with Gasteiger partial charge in [-0.25, -0.2) is 14.6 Å². The van der Waals surface area contributed by atoms with Crippen molar-refractivity contribution in [2.24, 2.45) is 0 Å². The molecule has 5 atom stereocenters. The number of allylic oxidation sites excluding steroid dienone is 1. The number of alkyl halides is 1. The van der Waals surface area contributed by atoms with E-state index in [0.717, 1.165) is 13.1 Å². The van der Waals surface area contributed by atoms with Gasteiger partial charge in [0.1, 0.15) is 24.3 Å². The van der Waals surface area contributed by atoms with Gasteiger partial charge in [-0.3, -0.25) is 14.2 Å². The molecular weight excluding hydrogens is 520 g/mol. The van der Waals surface area contributed by atoms with Crippen LogP contribution in [0.4, 0.5) is 4.39 Å². The van der Waals surface area contributed by atoms with Crippen molar-refractivity contribution in [3.63, 3.8) is 0 Å². The van der Waals surface area contributed by atoms with Gasteiger partial charge in [0.2, 0.25) is 12.6 Å². The van der Waals surface area contributed by atoms with E-state index in [2.05, 4.69) is 22.2 Å². The lowest BCUT2D eigenvalue weighted by atomic mass is 10.1. The Bertz CT molecular complexity index is 875. The van der Waals surface area contributed by atoms with E-state index in [0.29, 0.717) is 5.01 Å². The number of hydrogen-bond acceptors (Lipinski definition) is 10. The van der Waals surface area contributed by atoms with Crippen molar-refractivity contribution >= 4 is 19.6 Å². The number of hydrogen-bond donors (Lipinski definition) is 5. The lowest BCUT2D eigenvalue weighted by Gasteiger charge is -2.34. The van der Waals surface area contributed by atoms with Crippen molar-refractivity contribution < 1.29 is 52.5 Å². The van der Waals surface area contributed by atoms with Crippen LogP contribution in [-0.4, -0.2) is 88.8 Å². The number of nitrogens with one attached hydrogen (secondary N) is 3. The van der Waals surface area contributed by atoms with Gasteiger partial charge in [0, 0.05) is 0 Å². The maximum atomic E-state index is 14.9. The van der Waals surface area contributed by atoms with Gasteiger partial charge in [-0.2, -0.15) is 0 Å². The smallest absolute Gasteiger partial charge is 0.342 e. The highest BCUT2D eigenvalue weighted by Gasteiger charge is 2.46. The molecule has 0 saturated heterocycles. The quantitative estimate of drug-likeness (QED) is 0.0979. The van der Waals surface area contributed by atoms with Crippen LogP contribution < -0.4 is 15.6 Å². The molecule has 0 saturated carbocycles. The molecule has 1 aliphatic heterocycles. The zero-order chi connectivity index (χ0) is 28.4. The van der Waals surface area contributed by atoms with Crippen LogP contribution in [0.5, 0.6) is 0 Å². The molecule has 37 heavy (non-hydrogen) atoms. The van der Waals surface area contributed by atoms with Gasteiger partial charge < -0.3 is 28.9 Å². The number of nitroso groups, excluding NO2 is 1. The number of nitrogens with zero attached hydrogens (tertiary/aromatic N) is 2.